The van der Waals surface area contributed by atoms with Crippen LogP contribution in [0.3, 0.4) is 0 Å². The van der Waals surface area contributed by atoms with E-state index in [0.29, 0.717) is 12.8 Å². The van der Waals surface area contributed by atoms with Gasteiger partial charge in [0.1, 0.15) is 6.61 Å². The van der Waals surface area contributed by atoms with E-state index < -0.39 is 26.5 Å². The van der Waals surface area contributed by atoms with Gasteiger partial charge >= 0.3 is 19.8 Å². The average molecular weight is 1210 g/mol. The first-order chi connectivity index (χ1) is 41.3. The summed E-state index contributed by atoms with van der Waals surface area (Å²) in [6.07, 6.45) is 85.2. The largest absolute Gasteiger partial charge is 0.472 e. The fourth-order valence-corrected chi connectivity index (χ4v) is 12.9. The molecule has 0 spiro atoms. The van der Waals surface area contributed by atoms with Crippen LogP contribution in [0.4, 0.5) is 0 Å². The molecule has 84 heavy (non-hydrogen) atoms. The first-order valence-corrected chi connectivity index (χ1v) is 39.5. The van der Waals surface area contributed by atoms with Crippen molar-refractivity contribution in [2.45, 2.75) is 437 Å². The van der Waals surface area contributed by atoms with E-state index in [0.717, 1.165) is 32.1 Å². The molecule has 2 unspecified atom stereocenters. The molecule has 0 heterocycles. The third-order valence-electron chi connectivity index (χ3n) is 17.7. The summed E-state index contributed by atoms with van der Waals surface area (Å²) in [6, 6.07) is 0. The first kappa shape index (κ1) is 83.0. The van der Waals surface area contributed by atoms with Crippen molar-refractivity contribution in [2.75, 3.05) is 26.4 Å². The van der Waals surface area contributed by atoms with Crippen LogP contribution in [0.1, 0.15) is 431 Å². The average Bonchev–Trinajstić information content (AvgIpc) is 3.58. The Bertz CT molecular complexity index is 1340. The van der Waals surface area contributed by atoms with Crippen molar-refractivity contribution in [2.24, 2.45) is 5.73 Å². The van der Waals surface area contributed by atoms with Crippen LogP contribution in [0.15, 0.2) is 0 Å². The predicted molar refractivity (Wildman–Crippen MR) is 363 cm³/mol. The summed E-state index contributed by atoms with van der Waals surface area (Å²) in [5, 5.41) is 0. The molecule has 3 N–H and O–H groups in total. The van der Waals surface area contributed by atoms with E-state index in [-0.39, 0.29) is 32.1 Å². The highest BCUT2D eigenvalue weighted by Crippen LogP contribution is 2.43. The number of rotatable bonds is 74. The molecule has 0 bridgehead atoms. The van der Waals surface area contributed by atoms with Crippen LogP contribution < -0.4 is 5.73 Å². The molecule has 10 heteroatoms. The van der Waals surface area contributed by atoms with Crippen LogP contribution in [-0.2, 0) is 32.7 Å². The molecular formula is C74H148NO8P. The molecule has 502 valence electrons. The molecule has 0 aliphatic rings. The lowest BCUT2D eigenvalue weighted by atomic mass is 10.0. The van der Waals surface area contributed by atoms with Gasteiger partial charge in [0.25, 0.3) is 0 Å². The van der Waals surface area contributed by atoms with E-state index in [4.69, 9.17) is 24.3 Å². The molecule has 9 nitrogen and oxygen atoms in total. The normalized spacial score (nSPS) is 12.8. The summed E-state index contributed by atoms with van der Waals surface area (Å²) in [7, 11) is -4.39. The maximum atomic E-state index is 12.8. The molecule has 0 amide bonds. The van der Waals surface area contributed by atoms with Crippen LogP contribution in [0.2, 0.25) is 0 Å². The van der Waals surface area contributed by atoms with Gasteiger partial charge in [-0.15, -0.1) is 0 Å². The van der Waals surface area contributed by atoms with E-state index in [2.05, 4.69) is 13.8 Å². The van der Waals surface area contributed by atoms with Crippen molar-refractivity contribution in [3.05, 3.63) is 0 Å². The van der Waals surface area contributed by atoms with Crippen LogP contribution in [-0.4, -0.2) is 49.3 Å². The van der Waals surface area contributed by atoms with Gasteiger partial charge in [-0.05, 0) is 12.8 Å². The molecule has 0 aromatic rings. The molecule has 0 aliphatic heterocycles. The molecule has 0 saturated carbocycles. The number of hydrogen-bond acceptors (Lipinski definition) is 8. The van der Waals surface area contributed by atoms with Crippen molar-refractivity contribution < 1.29 is 37.6 Å². The summed E-state index contributed by atoms with van der Waals surface area (Å²) in [4.78, 5) is 35.4. The minimum atomic E-state index is -4.39. The second-order valence-electron chi connectivity index (χ2n) is 26.2. The topological polar surface area (TPSA) is 134 Å². The maximum absolute atomic E-state index is 12.8. The van der Waals surface area contributed by atoms with E-state index in [1.807, 2.05) is 0 Å². The van der Waals surface area contributed by atoms with Gasteiger partial charge in [0.15, 0.2) is 6.10 Å². The van der Waals surface area contributed by atoms with E-state index in [1.54, 1.807) is 0 Å². The lowest BCUT2D eigenvalue weighted by Crippen LogP contribution is -2.29. The summed E-state index contributed by atoms with van der Waals surface area (Å²) in [6.45, 7) is 3.85. The zero-order valence-corrected chi connectivity index (χ0v) is 57.6. The van der Waals surface area contributed by atoms with Crippen LogP contribution in [0.25, 0.3) is 0 Å². The molecular weight excluding hydrogens is 1060 g/mol. The number of phosphoric acid groups is 1. The van der Waals surface area contributed by atoms with Gasteiger partial charge in [-0.25, -0.2) is 4.57 Å². The number of carbonyl (C=O) groups excluding carboxylic acids is 2. The second kappa shape index (κ2) is 71.1. The Kier molecular flexibility index (Phi) is 70.3. The lowest BCUT2D eigenvalue weighted by molar-refractivity contribution is -0.161. The molecule has 2 atom stereocenters. The SMILES string of the molecule is CCCCCCCCCCCCCCCCCCCCCCCCCCCCCCCCCCCCC(=O)OC(COC(=O)CCCCCCCCCCCCCCCCCCCCCCCCCCCCCCC)COP(=O)(O)OCCN. The number of nitrogens with two attached hydrogens (primary N) is 1. The molecule has 0 fully saturated rings. The standard InChI is InChI=1S/C74H148NO8P/c1-3-5-7-9-11-13-15-17-19-21-23-25-27-29-31-33-34-35-36-37-39-41-43-45-47-49-51-53-55-57-59-61-63-65-67-74(77)83-72(71-82-84(78,79)81-69-68-75)70-80-73(76)66-64-62-60-58-56-54-52-50-48-46-44-42-40-38-32-30-28-26-24-22-20-18-16-14-12-10-8-6-4-2/h72H,3-71,75H2,1-2H3,(H,78,79). The van der Waals surface area contributed by atoms with Gasteiger partial charge in [-0.2, -0.15) is 0 Å². The molecule has 0 radical (unpaired) electrons. The number of unbranched alkanes of at least 4 members (excludes halogenated alkanes) is 61. The number of carbonyl (C=O) groups is 2. The molecule has 0 saturated heterocycles. The lowest BCUT2D eigenvalue weighted by Gasteiger charge is -2.19. The van der Waals surface area contributed by atoms with Crippen LogP contribution in [0, 0.1) is 0 Å². The van der Waals surface area contributed by atoms with Crippen molar-refractivity contribution in [3.63, 3.8) is 0 Å². The van der Waals surface area contributed by atoms with E-state index >= 15 is 0 Å². The van der Waals surface area contributed by atoms with E-state index in [1.165, 1.54) is 366 Å². The van der Waals surface area contributed by atoms with Gasteiger partial charge in [0.2, 0.25) is 0 Å². The summed E-state index contributed by atoms with van der Waals surface area (Å²) in [5.41, 5.74) is 5.41. The Hall–Kier alpha value is -0.990. The Morgan fingerprint density at radius 3 is 0.726 bits per heavy atom. The van der Waals surface area contributed by atoms with Crippen molar-refractivity contribution in [1.82, 2.24) is 0 Å². The maximum Gasteiger partial charge on any atom is 0.472 e. The van der Waals surface area contributed by atoms with Crippen LogP contribution >= 0.6 is 7.82 Å². The fraction of sp³-hybridized carbons (Fsp3) is 0.973. The van der Waals surface area contributed by atoms with Gasteiger partial charge in [-0.1, -0.05) is 406 Å². The third kappa shape index (κ3) is 70.1. The fourth-order valence-electron chi connectivity index (χ4n) is 12.1. The summed E-state index contributed by atoms with van der Waals surface area (Å²) >= 11 is 0. The first-order valence-electron chi connectivity index (χ1n) is 38.0. The van der Waals surface area contributed by atoms with Crippen molar-refractivity contribution in [1.29, 1.82) is 0 Å². The minimum absolute atomic E-state index is 0.0589. The third-order valence-corrected chi connectivity index (χ3v) is 18.7. The molecule has 0 rings (SSSR count). The molecule has 0 aromatic carbocycles. The minimum Gasteiger partial charge on any atom is -0.462 e. The van der Waals surface area contributed by atoms with Gasteiger partial charge in [0, 0.05) is 19.4 Å². The molecule has 0 aliphatic carbocycles. The summed E-state index contributed by atoms with van der Waals surface area (Å²) in [5.74, 6) is -0.795. The summed E-state index contributed by atoms with van der Waals surface area (Å²) < 4.78 is 33.2. The number of esters is 2. The van der Waals surface area contributed by atoms with Crippen LogP contribution in [0.5, 0.6) is 0 Å². The second-order valence-corrected chi connectivity index (χ2v) is 27.7. The van der Waals surface area contributed by atoms with Crippen molar-refractivity contribution >= 4 is 19.8 Å². The number of hydrogen-bond donors (Lipinski definition) is 2. The highest BCUT2D eigenvalue weighted by Gasteiger charge is 2.26. The number of ether oxygens (including phenoxy) is 2. The number of phosphoric ester groups is 1. The van der Waals surface area contributed by atoms with Gasteiger partial charge < -0.3 is 20.1 Å². The zero-order chi connectivity index (χ0) is 60.9. The van der Waals surface area contributed by atoms with E-state index in [9.17, 15) is 19.0 Å². The smallest absolute Gasteiger partial charge is 0.462 e. The van der Waals surface area contributed by atoms with Gasteiger partial charge in [0.05, 0.1) is 13.2 Å². The van der Waals surface area contributed by atoms with Crippen molar-refractivity contribution in [3.8, 4) is 0 Å². The molecule has 0 aromatic heterocycles. The Morgan fingerprint density at radius 1 is 0.310 bits per heavy atom. The highest BCUT2D eigenvalue weighted by molar-refractivity contribution is 7.47. The highest BCUT2D eigenvalue weighted by atomic mass is 31.2. The predicted octanol–water partition coefficient (Wildman–Crippen LogP) is 24.9. The monoisotopic (exact) mass is 1210 g/mol. The Morgan fingerprint density at radius 2 is 0.512 bits per heavy atom. The zero-order valence-electron chi connectivity index (χ0n) is 56.7. The van der Waals surface area contributed by atoms with Gasteiger partial charge in [-0.3, -0.25) is 18.6 Å². The quantitative estimate of drug-likeness (QED) is 0.0347. The Labute approximate surface area is 524 Å². The Balaban J connectivity index is 3.75.